The Morgan fingerprint density at radius 3 is 2.14 bits per heavy atom. The van der Waals surface area contributed by atoms with Crippen LogP contribution in [0.25, 0.3) is 0 Å². The molecule has 0 unspecified atom stereocenters. The summed E-state index contributed by atoms with van der Waals surface area (Å²) < 4.78 is 12.6. The number of ether oxygens (including phenoxy) is 2. The number of carbonyl (C=O) groups excluding carboxylic acids is 1. The molecule has 0 radical (unpaired) electrons. The summed E-state index contributed by atoms with van der Waals surface area (Å²) in [5.41, 5.74) is 0.392. The van der Waals surface area contributed by atoms with Crippen LogP contribution in [0.2, 0.25) is 0 Å². The molecule has 0 aromatic heterocycles. The second-order valence-corrected chi connectivity index (χ2v) is 8.25. The van der Waals surface area contributed by atoms with Crippen LogP contribution in [0.1, 0.15) is 50.2 Å². The van der Waals surface area contributed by atoms with Gasteiger partial charge in [0.15, 0.2) is 0 Å². The second-order valence-electron chi connectivity index (χ2n) is 8.25. The van der Waals surface area contributed by atoms with Crippen molar-refractivity contribution < 1.29 is 14.3 Å². The molecule has 2 aliphatic heterocycles. The van der Waals surface area contributed by atoms with E-state index in [0.29, 0.717) is 18.7 Å². The molecule has 0 amide bonds. The van der Waals surface area contributed by atoms with E-state index in [2.05, 4.69) is 18.9 Å². The van der Waals surface area contributed by atoms with E-state index in [-0.39, 0.29) is 12.1 Å². The average molecular weight is 394 g/mol. The zero-order chi connectivity index (χ0) is 20.3. The van der Waals surface area contributed by atoms with Crippen molar-refractivity contribution in [2.75, 3.05) is 13.7 Å². The molecule has 2 aromatic carbocycles. The van der Waals surface area contributed by atoms with Crippen LogP contribution in [-0.2, 0) is 19.9 Å². The Kier molecular flexibility index (Phi) is 6.02. The van der Waals surface area contributed by atoms with E-state index in [0.717, 1.165) is 36.8 Å². The Hall–Kier alpha value is -2.17. The van der Waals surface area contributed by atoms with Gasteiger partial charge < -0.3 is 9.47 Å². The molecule has 4 nitrogen and oxygen atoms in total. The SMILES string of the molecule is CCCOC(C(=O)O[C@@H]1CC[C@H]2CC[C@H]1N2C)(c1ccccc1)c1ccccc1. The van der Waals surface area contributed by atoms with E-state index in [1.54, 1.807) is 0 Å². The summed E-state index contributed by atoms with van der Waals surface area (Å²) in [4.78, 5) is 16.3. The second kappa shape index (κ2) is 8.68. The fourth-order valence-electron chi connectivity index (χ4n) is 4.97. The third-order valence-electron chi connectivity index (χ3n) is 6.54. The molecule has 4 rings (SSSR count). The highest BCUT2D eigenvalue weighted by atomic mass is 16.6. The lowest BCUT2D eigenvalue weighted by molar-refractivity contribution is -0.179. The van der Waals surface area contributed by atoms with Crippen LogP contribution in [0.15, 0.2) is 60.7 Å². The third kappa shape index (κ3) is 3.72. The van der Waals surface area contributed by atoms with E-state index in [1.807, 2.05) is 60.7 Å². The normalized spacial score (nSPS) is 24.4. The number of hydrogen-bond acceptors (Lipinski definition) is 4. The maximum atomic E-state index is 13.9. The van der Waals surface area contributed by atoms with Gasteiger partial charge in [0.1, 0.15) is 6.10 Å². The van der Waals surface area contributed by atoms with Crippen LogP contribution >= 0.6 is 0 Å². The molecule has 154 valence electrons. The van der Waals surface area contributed by atoms with Crippen molar-refractivity contribution in [3.8, 4) is 0 Å². The van der Waals surface area contributed by atoms with Gasteiger partial charge >= 0.3 is 5.97 Å². The summed E-state index contributed by atoms with van der Waals surface area (Å²) in [7, 11) is 2.16. The number of rotatable bonds is 7. The molecule has 2 heterocycles. The molecule has 0 aliphatic carbocycles. The van der Waals surface area contributed by atoms with Gasteiger partial charge in [0, 0.05) is 18.7 Å². The van der Waals surface area contributed by atoms with Gasteiger partial charge in [-0.25, -0.2) is 4.79 Å². The molecular weight excluding hydrogens is 362 g/mol. The number of benzene rings is 2. The largest absolute Gasteiger partial charge is 0.458 e. The molecule has 0 saturated carbocycles. The van der Waals surface area contributed by atoms with Gasteiger partial charge in [0.25, 0.3) is 0 Å². The minimum atomic E-state index is -1.24. The first-order valence-corrected chi connectivity index (χ1v) is 10.8. The first kappa shape index (κ1) is 20.1. The number of esters is 1. The van der Waals surface area contributed by atoms with Gasteiger partial charge in [-0.15, -0.1) is 0 Å². The summed E-state index contributed by atoms with van der Waals surface area (Å²) in [6, 6.07) is 20.5. The van der Waals surface area contributed by atoms with Crippen molar-refractivity contribution >= 4 is 5.97 Å². The van der Waals surface area contributed by atoms with Gasteiger partial charge in [-0.3, -0.25) is 4.90 Å². The van der Waals surface area contributed by atoms with Crippen molar-refractivity contribution in [2.24, 2.45) is 0 Å². The van der Waals surface area contributed by atoms with Crippen LogP contribution < -0.4 is 0 Å². The summed E-state index contributed by atoms with van der Waals surface area (Å²) >= 11 is 0. The summed E-state index contributed by atoms with van der Waals surface area (Å²) in [6.07, 6.45) is 5.06. The molecule has 0 N–H and O–H groups in total. The van der Waals surface area contributed by atoms with Crippen molar-refractivity contribution in [1.82, 2.24) is 4.90 Å². The Balaban J connectivity index is 1.72. The highest BCUT2D eigenvalue weighted by Crippen LogP contribution is 2.40. The van der Waals surface area contributed by atoms with Crippen molar-refractivity contribution in [1.29, 1.82) is 0 Å². The number of piperidine rings is 1. The van der Waals surface area contributed by atoms with Crippen LogP contribution in [0.3, 0.4) is 0 Å². The van der Waals surface area contributed by atoms with Gasteiger partial charge in [-0.2, -0.15) is 0 Å². The number of hydrogen-bond donors (Lipinski definition) is 0. The van der Waals surface area contributed by atoms with Crippen LogP contribution in [-0.4, -0.2) is 42.7 Å². The van der Waals surface area contributed by atoms with Crippen LogP contribution in [0, 0.1) is 0 Å². The lowest BCUT2D eigenvalue weighted by Gasteiger charge is -2.39. The fourth-order valence-corrected chi connectivity index (χ4v) is 4.97. The molecule has 0 spiro atoms. The molecule has 4 heteroatoms. The first-order chi connectivity index (χ1) is 14.2. The Morgan fingerprint density at radius 2 is 1.55 bits per heavy atom. The maximum absolute atomic E-state index is 13.9. The number of carbonyl (C=O) groups is 1. The minimum absolute atomic E-state index is 0.0803. The highest BCUT2D eigenvalue weighted by molar-refractivity contribution is 5.86. The van der Waals surface area contributed by atoms with E-state index < -0.39 is 5.60 Å². The molecule has 2 aromatic rings. The minimum Gasteiger partial charge on any atom is -0.458 e. The summed E-state index contributed by atoms with van der Waals surface area (Å²) in [5.74, 6) is -0.299. The summed E-state index contributed by atoms with van der Waals surface area (Å²) in [5, 5.41) is 0. The number of nitrogens with zero attached hydrogens (tertiary/aromatic N) is 1. The van der Waals surface area contributed by atoms with Crippen molar-refractivity contribution in [3.63, 3.8) is 0 Å². The predicted molar refractivity (Wildman–Crippen MR) is 114 cm³/mol. The molecule has 3 atom stereocenters. The highest BCUT2D eigenvalue weighted by Gasteiger charge is 2.48. The van der Waals surface area contributed by atoms with Crippen LogP contribution in [0.5, 0.6) is 0 Å². The monoisotopic (exact) mass is 393 g/mol. The smallest absolute Gasteiger partial charge is 0.348 e. The van der Waals surface area contributed by atoms with E-state index in [1.165, 1.54) is 6.42 Å². The summed E-state index contributed by atoms with van der Waals surface area (Å²) in [6.45, 7) is 2.54. The third-order valence-corrected chi connectivity index (χ3v) is 6.54. The van der Waals surface area contributed by atoms with E-state index in [9.17, 15) is 4.79 Å². The molecule has 2 aliphatic rings. The first-order valence-electron chi connectivity index (χ1n) is 10.8. The van der Waals surface area contributed by atoms with Crippen molar-refractivity contribution in [2.45, 2.75) is 62.8 Å². The van der Waals surface area contributed by atoms with Crippen LogP contribution in [0.4, 0.5) is 0 Å². The Bertz CT molecular complexity index is 768. The standard InChI is InChI=1S/C25H31NO3/c1-3-18-28-25(19-10-6-4-7-11-19,20-12-8-5-9-13-20)24(27)29-23-17-15-21-14-16-22(23)26(21)2/h4-13,21-23H,3,14-18H2,1-2H3/t21-,22-,23-/m1/s1. The molecule has 2 bridgehead atoms. The predicted octanol–water partition coefficient (Wildman–Crippen LogP) is 4.53. The fraction of sp³-hybridized carbons (Fsp3) is 0.480. The maximum Gasteiger partial charge on any atom is 0.348 e. The lowest BCUT2D eigenvalue weighted by atomic mass is 9.85. The zero-order valence-corrected chi connectivity index (χ0v) is 17.4. The van der Waals surface area contributed by atoms with E-state index >= 15 is 0 Å². The van der Waals surface area contributed by atoms with Gasteiger partial charge in [-0.05, 0) is 50.3 Å². The number of fused-ring (bicyclic) bond motifs is 2. The quantitative estimate of drug-likeness (QED) is 0.648. The molecular formula is C25H31NO3. The Labute approximate surface area is 173 Å². The lowest BCUT2D eigenvalue weighted by Crippen LogP contribution is -2.50. The van der Waals surface area contributed by atoms with E-state index in [4.69, 9.17) is 9.47 Å². The Morgan fingerprint density at radius 1 is 0.966 bits per heavy atom. The topological polar surface area (TPSA) is 38.8 Å². The average Bonchev–Trinajstić information content (AvgIpc) is 2.99. The zero-order valence-electron chi connectivity index (χ0n) is 17.4. The van der Waals surface area contributed by atoms with Gasteiger partial charge in [-0.1, -0.05) is 67.6 Å². The molecule has 29 heavy (non-hydrogen) atoms. The van der Waals surface area contributed by atoms with Gasteiger partial charge in [0.05, 0.1) is 0 Å². The van der Waals surface area contributed by atoms with Gasteiger partial charge in [0.2, 0.25) is 5.60 Å². The molecule has 2 fully saturated rings. The van der Waals surface area contributed by atoms with Crippen molar-refractivity contribution in [3.05, 3.63) is 71.8 Å². The number of likely N-dealkylation sites (N-methyl/N-ethyl adjacent to an activating group) is 1. The molecule has 2 saturated heterocycles.